The van der Waals surface area contributed by atoms with Crippen molar-refractivity contribution in [2.24, 2.45) is 5.92 Å². The van der Waals surface area contributed by atoms with Crippen molar-refractivity contribution in [3.8, 4) is 11.1 Å². The first kappa shape index (κ1) is 24.5. The number of carbonyl (C=O) groups excluding carboxylic acids is 1. The molecule has 1 amide bonds. The van der Waals surface area contributed by atoms with Crippen LogP contribution in [0.1, 0.15) is 85.9 Å². The molecular weight excluding hydrogens is 426 g/mol. The van der Waals surface area contributed by atoms with Crippen molar-refractivity contribution in [3.63, 3.8) is 0 Å². The average molecular weight is 464 g/mol. The fraction of sp³-hybridized carbons (Fsp3) is 0.517. The van der Waals surface area contributed by atoms with E-state index >= 15 is 0 Å². The van der Waals surface area contributed by atoms with Crippen LogP contribution < -0.4 is 0 Å². The van der Waals surface area contributed by atoms with E-state index in [0.29, 0.717) is 18.7 Å². The Morgan fingerprint density at radius 2 is 1.53 bits per heavy atom. The molecule has 182 valence electrons. The number of carboxylic acids is 1. The summed E-state index contributed by atoms with van der Waals surface area (Å²) in [4.78, 5) is 27.8. The summed E-state index contributed by atoms with van der Waals surface area (Å²) in [5.74, 6) is -0.628. The van der Waals surface area contributed by atoms with Gasteiger partial charge in [-0.3, -0.25) is 4.79 Å². The monoisotopic (exact) mass is 463 g/mol. The number of hydrogen-bond acceptors (Lipinski definition) is 3. The molecule has 1 atom stereocenters. The van der Waals surface area contributed by atoms with E-state index < -0.39 is 17.7 Å². The Hall–Kier alpha value is -2.66. The fourth-order valence-electron chi connectivity index (χ4n) is 5.61. The Bertz CT molecular complexity index is 1100. The zero-order chi connectivity index (χ0) is 24.8. The lowest BCUT2D eigenvalue weighted by Crippen LogP contribution is -2.30. The smallest absolute Gasteiger partial charge is 0.337 e. The fourth-order valence-corrected chi connectivity index (χ4v) is 5.61. The first-order chi connectivity index (χ1) is 16.0. The van der Waals surface area contributed by atoms with Crippen LogP contribution in [0.15, 0.2) is 24.3 Å². The van der Waals surface area contributed by atoms with Crippen molar-refractivity contribution in [2.45, 2.75) is 92.0 Å². The summed E-state index contributed by atoms with van der Waals surface area (Å²) in [6.45, 7) is 12.9. The molecule has 0 bridgehead atoms. The standard InChI is InChI=1S/C29H37NO4/c1-17-11-13-20(14-12-17)24-18(2)22-15-30(27(31)21-9-7-8-10-21)16-23(22)19(3)25(24)26(28(32)33)34-29(4,5)6/h11-14,21,26H,7-10,15-16H2,1-6H3,(H,32,33). The number of amides is 1. The van der Waals surface area contributed by atoms with Crippen molar-refractivity contribution >= 4 is 11.9 Å². The molecule has 5 nitrogen and oxygen atoms in total. The second kappa shape index (κ2) is 9.18. The Morgan fingerprint density at radius 3 is 2.06 bits per heavy atom. The van der Waals surface area contributed by atoms with Gasteiger partial charge < -0.3 is 14.7 Å². The lowest BCUT2D eigenvalue weighted by molar-refractivity contribution is -0.160. The molecule has 0 aromatic heterocycles. The van der Waals surface area contributed by atoms with Crippen molar-refractivity contribution in [3.05, 3.63) is 57.6 Å². The molecule has 1 saturated carbocycles. The maximum absolute atomic E-state index is 13.3. The largest absolute Gasteiger partial charge is 0.479 e. The molecule has 1 unspecified atom stereocenters. The van der Waals surface area contributed by atoms with E-state index in [1.165, 1.54) is 0 Å². The van der Waals surface area contributed by atoms with E-state index in [4.69, 9.17) is 4.74 Å². The maximum atomic E-state index is 13.3. The molecule has 1 N–H and O–H groups in total. The highest BCUT2D eigenvalue weighted by Gasteiger charge is 2.37. The minimum absolute atomic E-state index is 0.127. The number of nitrogens with zero attached hydrogens (tertiary/aromatic N) is 1. The van der Waals surface area contributed by atoms with Crippen LogP contribution in [0.25, 0.3) is 11.1 Å². The Morgan fingerprint density at radius 1 is 0.971 bits per heavy atom. The Kier molecular flexibility index (Phi) is 6.61. The normalized spacial score (nSPS) is 17.2. The molecule has 0 radical (unpaired) electrons. The number of aliphatic carboxylic acids is 1. The van der Waals surface area contributed by atoms with Gasteiger partial charge in [0.2, 0.25) is 5.91 Å². The molecule has 5 heteroatoms. The zero-order valence-electron chi connectivity index (χ0n) is 21.3. The third-order valence-corrected chi connectivity index (χ3v) is 7.33. The van der Waals surface area contributed by atoms with Gasteiger partial charge in [-0.05, 0) is 87.8 Å². The molecule has 1 aliphatic heterocycles. The summed E-state index contributed by atoms with van der Waals surface area (Å²) >= 11 is 0. The van der Waals surface area contributed by atoms with Crippen molar-refractivity contribution in [1.29, 1.82) is 0 Å². The first-order valence-corrected chi connectivity index (χ1v) is 12.4. The summed E-state index contributed by atoms with van der Waals surface area (Å²) in [5, 5.41) is 10.3. The van der Waals surface area contributed by atoms with Crippen molar-refractivity contribution < 1.29 is 19.4 Å². The highest BCUT2D eigenvalue weighted by Crippen LogP contribution is 2.44. The Balaban J connectivity index is 1.88. The summed E-state index contributed by atoms with van der Waals surface area (Å²) in [6, 6.07) is 8.22. The van der Waals surface area contributed by atoms with Gasteiger partial charge in [-0.2, -0.15) is 0 Å². The molecule has 0 spiro atoms. The van der Waals surface area contributed by atoms with Gasteiger partial charge in [0.05, 0.1) is 5.60 Å². The highest BCUT2D eigenvalue weighted by molar-refractivity contribution is 5.85. The zero-order valence-corrected chi connectivity index (χ0v) is 21.3. The number of benzene rings is 2. The van der Waals surface area contributed by atoms with Gasteiger partial charge in [-0.25, -0.2) is 4.79 Å². The quantitative estimate of drug-likeness (QED) is 0.569. The van der Waals surface area contributed by atoms with Crippen LogP contribution in [0, 0.1) is 26.7 Å². The molecule has 1 aliphatic carbocycles. The van der Waals surface area contributed by atoms with E-state index in [1.807, 2.05) is 39.5 Å². The summed E-state index contributed by atoms with van der Waals surface area (Å²) in [6.07, 6.45) is 3.11. The van der Waals surface area contributed by atoms with E-state index in [1.54, 1.807) is 0 Å². The number of rotatable bonds is 5. The summed E-state index contributed by atoms with van der Waals surface area (Å²) < 4.78 is 6.14. The van der Waals surface area contributed by atoms with Gasteiger partial charge in [-0.1, -0.05) is 42.7 Å². The topological polar surface area (TPSA) is 66.8 Å². The van der Waals surface area contributed by atoms with Gasteiger partial charge >= 0.3 is 5.97 Å². The molecular formula is C29H37NO4. The van der Waals surface area contributed by atoms with Crippen LogP contribution in [-0.2, 0) is 27.4 Å². The van der Waals surface area contributed by atoms with Crippen molar-refractivity contribution in [2.75, 3.05) is 0 Å². The van der Waals surface area contributed by atoms with E-state index in [0.717, 1.165) is 64.6 Å². The van der Waals surface area contributed by atoms with Gasteiger partial charge in [0, 0.05) is 24.6 Å². The summed E-state index contributed by atoms with van der Waals surface area (Å²) in [5.41, 5.74) is 7.34. The summed E-state index contributed by atoms with van der Waals surface area (Å²) in [7, 11) is 0. The van der Waals surface area contributed by atoms with Crippen LogP contribution >= 0.6 is 0 Å². The second-order valence-corrected chi connectivity index (χ2v) is 11.0. The number of aryl methyl sites for hydroxylation is 1. The lowest BCUT2D eigenvalue weighted by atomic mass is 9.83. The van der Waals surface area contributed by atoms with Crippen LogP contribution in [0.4, 0.5) is 0 Å². The molecule has 2 aromatic carbocycles. The van der Waals surface area contributed by atoms with E-state index in [9.17, 15) is 14.7 Å². The minimum Gasteiger partial charge on any atom is -0.479 e. The average Bonchev–Trinajstić information content (AvgIpc) is 3.45. The molecule has 2 aliphatic rings. The molecule has 1 fully saturated rings. The first-order valence-electron chi connectivity index (χ1n) is 12.4. The predicted octanol–water partition coefficient (Wildman–Crippen LogP) is 6.25. The Labute approximate surface area is 203 Å². The van der Waals surface area contributed by atoms with E-state index in [-0.39, 0.29) is 11.8 Å². The number of carboxylic acid groups (broad SMARTS) is 1. The second-order valence-electron chi connectivity index (χ2n) is 11.0. The SMILES string of the molecule is Cc1ccc(-c2c(C)c3c(c(C)c2C(OC(C)(C)C)C(=O)O)CN(C(=O)C2CCCC2)C3)cc1. The minimum atomic E-state index is -1.10. The number of fused-ring (bicyclic) bond motifs is 1. The molecule has 4 rings (SSSR count). The van der Waals surface area contributed by atoms with Gasteiger partial charge in [0.1, 0.15) is 0 Å². The van der Waals surface area contributed by atoms with Crippen LogP contribution in [-0.4, -0.2) is 27.5 Å². The van der Waals surface area contributed by atoms with Gasteiger partial charge in [-0.15, -0.1) is 0 Å². The molecule has 1 heterocycles. The lowest BCUT2D eigenvalue weighted by Gasteiger charge is -2.29. The van der Waals surface area contributed by atoms with Gasteiger partial charge in [0.25, 0.3) is 0 Å². The third-order valence-electron chi connectivity index (χ3n) is 7.33. The molecule has 0 saturated heterocycles. The number of ether oxygens (including phenoxy) is 1. The predicted molar refractivity (Wildman–Crippen MR) is 134 cm³/mol. The van der Waals surface area contributed by atoms with Crippen molar-refractivity contribution in [1.82, 2.24) is 4.90 Å². The van der Waals surface area contributed by atoms with E-state index in [2.05, 4.69) is 31.2 Å². The van der Waals surface area contributed by atoms with Crippen LogP contribution in [0.2, 0.25) is 0 Å². The maximum Gasteiger partial charge on any atom is 0.337 e. The molecule has 2 aromatic rings. The molecule has 34 heavy (non-hydrogen) atoms. The highest BCUT2D eigenvalue weighted by atomic mass is 16.5. The number of hydrogen-bond donors (Lipinski definition) is 1. The van der Waals surface area contributed by atoms with Crippen LogP contribution in [0.5, 0.6) is 0 Å². The number of carbonyl (C=O) groups is 2. The third kappa shape index (κ3) is 4.63. The van der Waals surface area contributed by atoms with Gasteiger partial charge in [0.15, 0.2) is 6.10 Å². The van der Waals surface area contributed by atoms with Crippen LogP contribution in [0.3, 0.4) is 0 Å².